The first-order valence-electron chi connectivity index (χ1n) is 8.09. The maximum absolute atomic E-state index is 12.9. The SMILES string of the molecule is COCCn1cc(C(=O)N2CCCC2c2cnn(C)c2)ccc1=O. The van der Waals surface area contributed by atoms with Gasteiger partial charge in [-0.1, -0.05) is 0 Å². The highest BCUT2D eigenvalue weighted by Gasteiger charge is 2.31. The minimum absolute atomic E-state index is 0.0468. The van der Waals surface area contributed by atoms with Crippen molar-refractivity contribution in [2.24, 2.45) is 7.05 Å². The molecule has 1 atom stereocenters. The molecule has 0 bridgehead atoms. The molecule has 0 N–H and O–H groups in total. The van der Waals surface area contributed by atoms with Gasteiger partial charge in [0, 0.05) is 51.3 Å². The van der Waals surface area contributed by atoms with E-state index >= 15 is 0 Å². The van der Waals surface area contributed by atoms with E-state index in [1.54, 1.807) is 24.1 Å². The Balaban J connectivity index is 1.84. The number of hydrogen-bond donors (Lipinski definition) is 0. The summed E-state index contributed by atoms with van der Waals surface area (Å²) in [7, 11) is 3.46. The molecule has 1 amide bonds. The van der Waals surface area contributed by atoms with E-state index < -0.39 is 0 Å². The summed E-state index contributed by atoms with van der Waals surface area (Å²) in [6, 6.07) is 3.09. The average Bonchev–Trinajstić information content (AvgIpc) is 3.22. The molecule has 2 aromatic heterocycles. The molecule has 128 valence electrons. The third-order valence-corrected chi connectivity index (χ3v) is 4.39. The van der Waals surface area contributed by atoms with Crippen LogP contribution in [0.4, 0.5) is 0 Å². The summed E-state index contributed by atoms with van der Waals surface area (Å²) >= 11 is 0. The molecule has 0 aromatic carbocycles. The van der Waals surface area contributed by atoms with Crippen LogP contribution in [-0.2, 0) is 18.3 Å². The number of amides is 1. The number of aromatic nitrogens is 3. The van der Waals surface area contributed by atoms with Crippen LogP contribution >= 0.6 is 0 Å². The first-order chi connectivity index (χ1) is 11.6. The highest BCUT2D eigenvalue weighted by atomic mass is 16.5. The van der Waals surface area contributed by atoms with E-state index in [0.717, 1.165) is 24.9 Å². The fourth-order valence-corrected chi connectivity index (χ4v) is 3.16. The van der Waals surface area contributed by atoms with Gasteiger partial charge in [-0.25, -0.2) is 0 Å². The summed E-state index contributed by atoms with van der Waals surface area (Å²) < 4.78 is 8.28. The van der Waals surface area contributed by atoms with Crippen molar-refractivity contribution in [2.75, 3.05) is 20.3 Å². The molecule has 0 saturated carbocycles. The Labute approximate surface area is 140 Å². The highest BCUT2D eigenvalue weighted by Crippen LogP contribution is 2.32. The summed E-state index contributed by atoms with van der Waals surface area (Å²) in [5.74, 6) is -0.0486. The first-order valence-corrected chi connectivity index (χ1v) is 8.09. The number of rotatable bonds is 5. The van der Waals surface area contributed by atoms with Crippen molar-refractivity contribution in [3.05, 3.63) is 52.2 Å². The lowest BCUT2D eigenvalue weighted by Gasteiger charge is -2.24. The van der Waals surface area contributed by atoms with Crippen molar-refractivity contribution < 1.29 is 9.53 Å². The van der Waals surface area contributed by atoms with Gasteiger partial charge in [-0.15, -0.1) is 0 Å². The summed E-state index contributed by atoms with van der Waals surface area (Å²) in [6.45, 7) is 1.58. The third-order valence-electron chi connectivity index (χ3n) is 4.39. The van der Waals surface area contributed by atoms with Gasteiger partial charge in [0.05, 0.1) is 24.4 Å². The van der Waals surface area contributed by atoms with Crippen LogP contribution in [-0.4, -0.2) is 45.4 Å². The van der Waals surface area contributed by atoms with E-state index in [2.05, 4.69) is 5.10 Å². The van der Waals surface area contributed by atoms with Gasteiger partial charge in [-0.05, 0) is 18.9 Å². The van der Waals surface area contributed by atoms with E-state index in [0.29, 0.717) is 18.7 Å². The van der Waals surface area contributed by atoms with Gasteiger partial charge in [-0.3, -0.25) is 14.3 Å². The zero-order valence-electron chi connectivity index (χ0n) is 14.0. The largest absolute Gasteiger partial charge is 0.383 e. The molecule has 3 rings (SSSR count). The van der Waals surface area contributed by atoms with Gasteiger partial charge in [0.25, 0.3) is 11.5 Å². The summed E-state index contributed by atoms with van der Waals surface area (Å²) in [4.78, 5) is 26.7. The number of ether oxygens (including phenoxy) is 1. The molecule has 3 heterocycles. The number of nitrogens with zero attached hydrogens (tertiary/aromatic N) is 4. The number of carbonyl (C=O) groups excluding carboxylic acids is 1. The van der Waals surface area contributed by atoms with Gasteiger partial charge < -0.3 is 14.2 Å². The Bertz CT molecular complexity index is 780. The number of carbonyl (C=O) groups is 1. The molecule has 2 aromatic rings. The number of hydrogen-bond acceptors (Lipinski definition) is 4. The van der Waals surface area contributed by atoms with Crippen LogP contribution in [0.3, 0.4) is 0 Å². The Hall–Kier alpha value is -2.41. The Morgan fingerprint density at radius 1 is 1.38 bits per heavy atom. The Morgan fingerprint density at radius 2 is 2.21 bits per heavy atom. The van der Waals surface area contributed by atoms with Crippen LogP contribution in [0.1, 0.15) is 34.8 Å². The van der Waals surface area contributed by atoms with Crippen molar-refractivity contribution in [1.82, 2.24) is 19.2 Å². The van der Waals surface area contributed by atoms with E-state index in [4.69, 9.17) is 4.74 Å². The number of methoxy groups -OCH3 is 1. The third kappa shape index (κ3) is 3.26. The minimum Gasteiger partial charge on any atom is -0.383 e. The first kappa shape index (κ1) is 16.4. The second-order valence-corrected chi connectivity index (χ2v) is 6.05. The predicted molar refractivity (Wildman–Crippen MR) is 88.8 cm³/mol. The van der Waals surface area contributed by atoms with Crippen LogP contribution in [0.25, 0.3) is 0 Å². The normalized spacial score (nSPS) is 17.4. The lowest BCUT2D eigenvalue weighted by molar-refractivity contribution is 0.0734. The molecule has 24 heavy (non-hydrogen) atoms. The predicted octanol–water partition coefficient (Wildman–Crippen LogP) is 1.21. The van der Waals surface area contributed by atoms with Crippen LogP contribution in [0, 0.1) is 0 Å². The van der Waals surface area contributed by atoms with Crippen LogP contribution in [0.5, 0.6) is 0 Å². The zero-order chi connectivity index (χ0) is 17.1. The average molecular weight is 330 g/mol. The summed E-state index contributed by atoms with van der Waals surface area (Å²) in [5, 5.41) is 4.21. The van der Waals surface area contributed by atoms with Crippen molar-refractivity contribution in [3.63, 3.8) is 0 Å². The molecule has 0 radical (unpaired) electrons. The molecule has 1 unspecified atom stereocenters. The van der Waals surface area contributed by atoms with Crippen molar-refractivity contribution in [3.8, 4) is 0 Å². The summed E-state index contributed by atoms with van der Waals surface area (Å²) in [6.07, 6.45) is 7.29. The maximum atomic E-state index is 12.9. The molecular formula is C17H22N4O3. The van der Waals surface area contributed by atoms with Gasteiger partial charge in [0.1, 0.15) is 0 Å². The highest BCUT2D eigenvalue weighted by molar-refractivity contribution is 5.94. The number of aryl methyl sites for hydroxylation is 1. The molecule has 1 saturated heterocycles. The molecule has 1 aliphatic rings. The maximum Gasteiger partial charge on any atom is 0.255 e. The topological polar surface area (TPSA) is 69.4 Å². The molecule has 1 aliphatic heterocycles. The van der Waals surface area contributed by atoms with Gasteiger partial charge in [0.15, 0.2) is 0 Å². The number of likely N-dealkylation sites (tertiary alicyclic amines) is 1. The monoisotopic (exact) mass is 330 g/mol. The van der Waals surface area contributed by atoms with Crippen LogP contribution in [0.2, 0.25) is 0 Å². The molecular weight excluding hydrogens is 308 g/mol. The zero-order valence-corrected chi connectivity index (χ0v) is 14.0. The fraction of sp³-hybridized carbons (Fsp3) is 0.471. The van der Waals surface area contributed by atoms with E-state index in [-0.39, 0.29) is 17.5 Å². The molecule has 7 heteroatoms. The second kappa shape index (κ2) is 7.00. The smallest absolute Gasteiger partial charge is 0.255 e. The van der Waals surface area contributed by atoms with Gasteiger partial charge >= 0.3 is 0 Å². The van der Waals surface area contributed by atoms with E-state index in [1.165, 1.54) is 10.6 Å². The van der Waals surface area contributed by atoms with E-state index in [9.17, 15) is 9.59 Å². The van der Waals surface area contributed by atoms with Crippen molar-refractivity contribution in [2.45, 2.75) is 25.4 Å². The fourth-order valence-electron chi connectivity index (χ4n) is 3.16. The molecule has 0 aliphatic carbocycles. The number of pyridine rings is 1. The Kier molecular flexibility index (Phi) is 4.80. The van der Waals surface area contributed by atoms with Gasteiger partial charge in [0.2, 0.25) is 0 Å². The van der Waals surface area contributed by atoms with Crippen LogP contribution in [0.15, 0.2) is 35.5 Å². The van der Waals surface area contributed by atoms with E-state index in [1.807, 2.05) is 24.3 Å². The quantitative estimate of drug-likeness (QED) is 0.826. The molecule has 7 nitrogen and oxygen atoms in total. The molecule has 1 fully saturated rings. The Morgan fingerprint density at radius 3 is 2.92 bits per heavy atom. The second-order valence-electron chi connectivity index (χ2n) is 6.05. The van der Waals surface area contributed by atoms with Crippen molar-refractivity contribution in [1.29, 1.82) is 0 Å². The molecule has 0 spiro atoms. The van der Waals surface area contributed by atoms with Gasteiger partial charge in [-0.2, -0.15) is 5.10 Å². The summed E-state index contributed by atoms with van der Waals surface area (Å²) in [5.41, 5.74) is 1.45. The van der Waals surface area contributed by atoms with Crippen molar-refractivity contribution >= 4 is 5.91 Å². The lowest BCUT2D eigenvalue weighted by atomic mass is 10.1. The van der Waals surface area contributed by atoms with Crippen LogP contribution < -0.4 is 5.56 Å². The lowest BCUT2D eigenvalue weighted by Crippen LogP contribution is -2.32. The standard InChI is InChI=1S/C17H22N4O3/c1-19-11-14(10-18-19)15-4-3-7-21(15)17(23)13-5-6-16(22)20(12-13)8-9-24-2/h5-6,10-12,15H,3-4,7-9H2,1-2H3. The minimum atomic E-state index is -0.131.